The highest BCUT2D eigenvalue weighted by atomic mass is 32.2. The molecule has 0 aliphatic heterocycles. The molecule has 2 rings (SSSR count). The van der Waals surface area contributed by atoms with E-state index in [2.05, 4.69) is 95.8 Å². The van der Waals surface area contributed by atoms with Crippen LogP contribution in [0.25, 0.3) is 16.3 Å². The van der Waals surface area contributed by atoms with E-state index in [4.69, 9.17) is 15.1 Å². The van der Waals surface area contributed by atoms with E-state index < -0.39 is 0 Å². The Morgan fingerprint density at radius 2 is 1.65 bits per heavy atom. The molecule has 0 spiro atoms. The van der Waals surface area contributed by atoms with Gasteiger partial charge in [0, 0.05) is 25.4 Å². The lowest BCUT2D eigenvalue weighted by Gasteiger charge is -2.24. The molecule has 0 atom stereocenters. The van der Waals surface area contributed by atoms with Crippen molar-refractivity contribution in [1.82, 2.24) is 0 Å². The van der Waals surface area contributed by atoms with E-state index in [1.165, 1.54) is 16.5 Å². The number of nitriles is 1. The average molecular weight is 484 g/mol. The van der Waals surface area contributed by atoms with Crippen molar-refractivity contribution in [3.8, 4) is 6.07 Å². The van der Waals surface area contributed by atoms with Crippen LogP contribution in [0.1, 0.15) is 80.2 Å². The monoisotopic (exact) mass is 483 g/mol. The molecule has 0 aliphatic rings. The van der Waals surface area contributed by atoms with Crippen molar-refractivity contribution in [1.29, 1.82) is 5.26 Å². The van der Waals surface area contributed by atoms with Crippen LogP contribution in [0.4, 0.5) is 5.69 Å². The Morgan fingerprint density at radius 3 is 2.15 bits per heavy atom. The Kier molecular flexibility index (Phi) is 13.3. The molecule has 188 valence electrons. The number of rotatable bonds is 10. The minimum absolute atomic E-state index is 0.0366. The van der Waals surface area contributed by atoms with Crippen molar-refractivity contribution in [2.45, 2.75) is 80.3 Å². The Bertz CT molecular complexity index is 948. The molecule has 34 heavy (non-hydrogen) atoms. The number of hydrogen-bond donors (Lipinski definition) is 1. The summed E-state index contributed by atoms with van der Waals surface area (Å²) in [6.45, 7) is 20.1. The largest absolute Gasteiger partial charge is 0.376 e. The summed E-state index contributed by atoms with van der Waals surface area (Å²) in [6.07, 6.45) is 3.46. The Hall–Kier alpha value is -2.00. The van der Waals surface area contributed by atoms with Crippen LogP contribution < -0.4 is 10.0 Å². The number of nitrogens with two attached hydrogens (primary N) is 1. The second kappa shape index (κ2) is 15.1. The van der Waals surface area contributed by atoms with Crippen LogP contribution in [0.2, 0.25) is 0 Å². The van der Waals surface area contributed by atoms with E-state index in [-0.39, 0.29) is 5.60 Å². The highest BCUT2D eigenvalue weighted by Crippen LogP contribution is 2.28. The topological polar surface area (TPSA) is 62.3 Å². The van der Waals surface area contributed by atoms with E-state index in [1.807, 2.05) is 6.92 Å². The Morgan fingerprint density at radius 1 is 1.06 bits per heavy atom. The van der Waals surface area contributed by atoms with Crippen molar-refractivity contribution in [3.63, 3.8) is 0 Å². The van der Waals surface area contributed by atoms with Gasteiger partial charge in [0.05, 0.1) is 5.60 Å². The van der Waals surface area contributed by atoms with Gasteiger partial charge in [0.25, 0.3) is 0 Å². The molecule has 2 N–H and O–H groups in total. The van der Waals surface area contributed by atoms with Crippen LogP contribution in [0.15, 0.2) is 41.3 Å². The first-order valence-corrected chi connectivity index (χ1v) is 13.3. The van der Waals surface area contributed by atoms with Crippen molar-refractivity contribution in [2.75, 3.05) is 24.6 Å². The lowest BCUT2D eigenvalue weighted by molar-refractivity contribution is -0.00775. The summed E-state index contributed by atoms with van der Waals surface area (Å²) in [6, 6.07) is 15.1. The van der Waals surface area contributed by atoms with Gasteiger partial charge in [-0.25, -0.2) is 0 Å². The normalized spacial score (nSPS) is 12.1. The molecule has 0 saturated carbocycles. The van der Waals surface area contributed by atoms with Gasteiger partial charge in [-0.1, -0.05) is 45.9 Å². The molecule has 0 unspecified atom stereocenters. The van der Waals surface area contributed by atoms with Crippen LogP contribution >= 0.6 is 11.9 Å². The van der Waals surface area contributed by atoms with Gasteiger partial charge in [-0.2, -0.15) is 5.26 Å². The number of ether oxygens (including phenoxy) is 1. The van der Waals surface area contributed by atoms with E-state index >= 15 is 0 Å². The summed E-state index contributed by atoms with van der Waals surface area (Å²) in [5.41, 5.74) is 3.29. The fourth-order valence-electron chi connectivity index (χ4n) is 3.50. The van der Waals surface area contributed by atoms with E-state index in [0.29, 0.717) is 4.91 Å². The summed E-state index contributed by atoms with van der Waals surface area (Å²) in [4.78, 5) is 3.00. The van der Waals surface area contributed by atoms with Gasteiger partial charge < -0.3 is 9.64 Å². The summed E-state index contributed by atoms with van der Waals surface area (Å²) < 4.78 is 5.54. The van der Waals surface area contributed by atoms with Crippen molar-refractivity contribution >= 4 is 34.0 Å². The fraction of sp³-hybridized carbons (Fsp3) is 0.552. The summed E-state index contributed by atoms with van der Waals surface area (Å²) in [7, 11) is 0. The molecule has 0 aromatic heterocycles. The highest BCUT2D eigenvalue weighted by molar-refractivity contribution is 8.01. The maximum Gasteiger partial charge on any atom is 0.108 e. The SMILES string of the molecule is CC(C)CCOC(C)(C)C.CCCN(CCC)c1ccc2cc(/C(C)=C(\C#N)SN)ccc2c1. The van der Waals surface area contributed by atoms with Gasteiger partial charge in [-0.3, -0.25) is 5.14 Å². The molecule has 0 bridgehead atoms. The number of nitrogens with zero attached hydrogens (tertiary/aromatic N) is 2. The van der Waals surface area contributed by atoms with Crippen LogP contribution in [-0.2, 0) is 4.74 Å². The van der Waals surface area contributed by atoms with Crippen LogP contribution in [0, 0.1) is 17.2 Å². The molecular formula is C29H45N3OS. The Balaban J connectivity index is 0.000000489. The smallest absolute Gasteiger partial charge is 0.108 e. The zero-order valence-electron chi connectivity index (χ0n) is 22.6. The molecular weight excluding hydrogens is 438 g/mol. The number of hydrogen-bond acceptors (Lipinski definition) is 5. The molecule has 2 aromatic rings. The number of benzene rings is 2. The second-order valence-electron chi connectivity index (χ2n) is 10.1. The minimum atomic E-state index is 0.0366. The van der Waals surface area contributed by atoms with Crippen LogP contribution in [0.5, 0.6) is 0 Å². The predicted molar refractivity (Wildman–Crippen MR) is 152 cm³/mol. The first-order chi connectivity index (χ1) is 16.1. The maximum absolute atomic E-state index is 9.16. The summed E-state index contributed by atoms with van der Waals surface area (Å²) >= 11 is 1.01. The van der Waals surface area contributed by atoms with E-state index in [1.54, 1.807) is 0 Å². The molecule has 4 nitrogen and oxygen atoms in total. The van der Waals surface area contributed by atoms with Gasteiger partial charge in [-0.15, -0.1) is 0 Å². The van der Waals surface area contributed by atoms with Gasteiger partial charge in [0.1, 0.15) is 11.0 Å². The van der Waals surface area contributed by atoms with Crippen molar-refractivity contribution in [3.05, 3.63) is 46.9 Å². The first kappa shape index (κ1) is 30.0. The van der Waals surface area contributed by atoms with Gasteiger partial charge in [-0.05, 0) is 105 Å². The van der Waals surface area contributed by atoms with Gasteiger partial charge in [0.2, 0.25) is 0 Å². The average Bonchev–Trinajstić information content (AvgIpc) is 2.78. The quantitative estimate of drug-likeness (QED) is 0.273. The van der Waals surface area contributed by atoms with Gasteiger partial charge >= 0.3 is 0 Å². The van der Waals surface area contributed by atoms with E-state index in [0.717, 1.165) is 68.0 Å². The lowest BCUT2D eigenvalue weighted by Crippen LogP contribution is -2.24. The standard InChI is InChI=1S/C20H25N3S.C9H20O/c1-4-10-23(11-5-2)19-9-8-17-12-16(6-7-18(17)13-19)15(3)20(14-21)24-22;1-8(2)6-7-10-9(3,4)5/h6-9,12-13H,4-5,10-11,22H2,1-3H3;8H,6-7H2,1-5H3/b20-15+;. The number of allylic oxidation sites excluding steroid dienone is 2. The molecule has 2 aromatic carbocycles. The molecule has 0 fully saturated rings. The molecule has 0 amide bonds. The third-order valence-electron chi connectivity index (χ3n) is 5.40. The predicted octanol–water partition coefficient (Wildman–Crippen LogP) is 8.18. The zero-order chi connectivity index (χ0) is 25.7. The number of anilines is 1. The molecule has 0 aliphatic carbocycles. The molecule has 0 saturated heterocycles. The second-order valence-corrected chi connectivity index (χ2v) is 10.7. The number of fused-ring (bicyclic) bond motifs is 1. The van der Waals surface area contributed by atoms with Crippen molar-refractivity contribution in [2.24, 2.45) is 11.1 Å². The maximum atomic E-state index is 9.16. The third kappa shape index (κ3) is 10.5. The van der Waals surface area contributed by atoms with Crippen molar-refractivity contribution < 1.29 is 4.74 Å². The first-order valence-electron chi connectivity index (χ1n) is 12.5. The molecule has 0 radical (unpaired) electrons. The molecule has 5 heteroatoms. The summed E-state index contributed by atoms with van der Waals surface area (Å²) in [5, 5.41) is 17.1. The summed E-state index contributed by atoms with van der Waals surface area (Å²) in [5.74, 6) is 0.752. The van der Waals surface area contributed by atoms with Crippen LogP contribution in [-0.4, -0.2) is 25.3 Å². The molecule has 0 heterocycles. The van der Waals surface area contributed by atoms with Gasteiger partial charge in [0.15, 0.2) is 0 Å². The van der Waals surface area contributed by atoms with Crippen LogP contribution in [0.3, 0.4) is 0 Å². The highest BCUT2D eigenvalue weighted by Gasteiger charge is 2.10. The third-order valence-corrected chi connectivity index (χ3v) is 6.03. The van der Waals surface area contributed by atoms with E-state index in [9.17, 15) is 0 Å². The lowest BCUT2D eigenvalue weighted by atomic mass is 10.0. The zero-order valence-corrected chi connectivity index (χ0v) is 23.4. The fourth-order valence-corrected chi connectivity index (χ4v) is 3.85. The minimum Gasteiger partial charge on any atom is -0.376 e. The Labute approximate surface area is 212 Å².